The minimum absolute atomic E-state index is 0.125. The van der Waals surface area contributed by atoms with Crippen molar-refractivity contribution in [2.45, 2.75) is 65.3 Å². The fourth-order valence-electron chi connectivity index (χ4n) is 7.49. The van der Waals surface area contributed by atoms with Gasteiger partial charge in [-0.05, 0) is 73.3 Å². The highest BCUT2D eigenvalue weighted by atomic mass is 35.5. The fourth-order valence-corrected chi connectivity index (χ4v) is 7.66. The number of nitrogens with zero attached hydrogens (tertiary/aromatic N) is 3. The summed E-state index contributed by atoms with van der Waals surface area (Å²) in [6.07, 6.45) is 8.06. The number of hydrogen-bond acceptors (Lipinski definition) is 3. The lowest BCUT2D eigenvalue weighted by Crippen LogP contribution is -2.60. The van der Waals surface area contributed by atoms with Crippen LogP contribution >= 0.6 is 11.6 Å². The Morgan fingerprint density at radius 1 is 1.16 bits per heavy atom. The summed E-state index contributed by atoms with van der Waals surface area (Å²) in [6, 6.07) is 1.90. The molecule has 5 heteroatoms. The zero-order valence-electron chi connectivity index (χ0n) is 15.1. The van der Waals surface area contributed by atoms with Gasteiger partial charge >= 0.3 is 0 Å². The average molecular weight is 360 g/mol. The third kappa shape index (κ3) is 2.43. The van der Waals surface area contributed by atoms with E-state index in [-0.39, 0.29) is 5.41 Å². The smallest absolute Gasteiger partial charge is 0.229 e. The monoisotopic (exact) mass is 359 g/mol. The van der Waals surface area contributed by atoms with E-state index in [4.69, 9.17) is 11.6 Å². The third-order valence-electron chi connectivity index (χ3n) is 7.29. The Balaban J connectivity index is 1.44. The Bertz CT molecular complexity index is 745. The third-order valence-corrected chi connectivity index (χ3v) is 7.47. The minimum Gasteiger partial charge on any atom is -0.336 e. The number of carbonyl (C=O) groups excluding carboxylic acids is 1. The minimum atomic E-state index is -0.125. The first-order valence-electron chi connectivity index (χ1n) is 9.59. The van der Waals surface area contributed by atoms with Crippen LogP contribution in [0.3, 0.4) is 0 Å². The van der Waals surface area contributed by atoms with Gasteiger partial charge in [0, 0.05) is 6.54 Å². The van der Waals surface area contributed by atoms with Crippen LogP contribution in [0.2, 0.25) is 5.15 Å². The van der Waals surface area contributed by atoms with Gasteiger partial charge in [-0.3, -0.25) is 4.79 Å². The molecular weight excluding hydrogens is 334 g/mol. The van der Waals surface area contributed by atoms with Crippen molar-refractivity contribution in [2.75, 3.05) is 6.54 Å². The van der Waals surface area contributed by atoms with Gasteiger partial charge in [-0.1, -0.05) is 25.4 Å². The lowest BCUT2D eigenvalue weighted by atomic mass is 9.40. The molecule has 0 radical (unpaired) electrons. The van der Waals surface area contributed by atoms with Crippen molar-refractivity contribution in [1.29, 1.82) is 0 Å². The first kappa shape index (κ1) is 16.0. The lowest BCUT2D eigenvalue weighted by Gasteiger charge is -2.65. The highest BCUT2D eigenvalue weighted by molar-refractivity contribution is 6.29. The van der Waals surface area contributed by atoms with Crippen LogP contribution in [0.1, 0.15) is 63.6 Å². The Morgan fingerprint density at radius 3 is 2.56 bits per heavy atom. The Kier molecular flexibility index (Phi) is 3.19. The van der Waals surface area contributed by atoms with Gasteiger partial charge in [-0.2, -0.15) is 5.10 Å². The lowest BCUT2D eigenvalue weighted by molar-refractivity contribution is -0.180. The van der Waals surface area contributed by atoms with Crippen molar-refractivity contribution >= 4 is 17.5 Å². The van der Waals surface area contributed by atoms with Crippen molar-refractivity contribution in [1.82, 2.24) is 15.1 Å². The maximum atomic E-state index is 13.7. The highest BCUT2D eigenvalue weighted by Gasteiger charge is 2.63. The second kappa shape index (κ2) is 4.97. The molecule has 2 heterocycles. The number of aromatic nitrogens is 2. The molecule has 2 unspecified atom stereocenters. The van der Waals surface area contributed by atoms with Crippen molar-refractivity contribution < 1.29 is 4.79 Å². The van der Waals surface area contributed by atoms with Crippen LogP contribution in [0, 0.1) is 22.2 Å². The molecule has 1 amide bonds. The zero-order chi connectivity index (χ0) is 17.4. The summed E-state index contributed by atoms with van der Waals surface area (Å²) in [5.41, 5.74) is 2.68. The van der Waals surface area contributed by atoms with Gasteiger partial charge in [-0.25, -0.2) is 0 Å². The number of halogens is 1. The normalized spacial score (nSPS) is 41.7. The van der Waals surface area contributed by atoms with Gasteiger partial charge in [0.05, 0.1) is 17.7 Å². The molecule has 0 saturated heterocycles. The molecule has 4 saturated carbocycles. The average Bonchev–Trinajstić information content (AvgIpc) is 2.50. The predicted octanol–water partition coefficient (Wildman–Crippen LogP) is 4.01. The van der Waals surface area contributed by atoms with Crippen LogP contribution in [-0.4, -0.2) is 27.5 Å². The molecule has 2 atom stereocenters. The van der Waals surface area contributed by atoms with Gasteiger partial charge in [0.15, 0.2) is 5.15 Å². The second-order valence-corrected chi connectivity index (χ2v) is 10.4. The van der Waals surface area contributed by atoms with E-state index in [2.05, 4.69) is 28.9 Å². The van der Waals surface area contributed by atoms with E-state index >= 15 is 0 Å². The summed E-state index contributed by atoms with van der Waals surface area (Å²) >= 11 is 5.96. The number of amides is 1. The number of fused-ring (bicyclic) bond motifs is 1. The maximum absolute atomic E-state index is 13.7. The van der Waals surface area contributed by atoms with E-state index in [0.29, 0.717) is 28.4 Å². The number of rotatable bonds is 1. The first-order valence-corrected chi connectivity index (χ1v) is 9.97. The molecule has 1 aliphatic heterocycles. The van der Waals surface area contributed by atoms with Crippen LogP contribution in [-0.2, 0) is 17.8 Å². The molecule has 0 aromatic carbocycles. The van der Waals surface area contributed by atoms with Gasteiger partial charge in [-0.15, -0.1) is 5.10 Å². The number of carbonyl (C=O) groups is 1. The van der Waals surface area contributed by atoms with E-state index in [9.17, 15) is 4.79 Å². The van der Waals surface area contributed by atoms with Crippen LogP contribution in [0.5, 0.6) is 0 Å². The first-order chi connectivity index (χ1) is 11.8. The molecule has 5 aliphatic rings. The van der Waals surface area contributed by atoms with Crippen LogP contribution in [0.15, 0.2) is 6.07 Å². The SMILES string of the molecule is CC12CC3CC(C)(C1)CC(C(=O)N1CCc4cc(Cl)nnc4C1)(C3)C2. The van der Waals surface area contributed by atoms with Crippen molar-refractivity contribution in [3.05, 3.63) is 22.5 Å². The van der Waals surface area contributed by atoms with Crippen LogP contribution in [0.4, 0.5) is 0 Å². The molecule has 0 spiro atoms. The summed E-state index contributed by atoms with van der Waals surface area (Å²) in [7, 11) is 0. The summed E-state index contributed by atoms with van der Waals surface area (Å²) in [5.74, 6) is 1.13. The van der Waals surface area contributed by atoms with E-state index in [0.717, 1.165) is 49.4 Å². The molecular formula is C20H26ClN3O. The van der Waals surface area contributed by atoms with Crippen molar-refractivity contribution in [3.8, 4) is 0 Å². The molecule has 4 fully saturated rings. The largest absolute Gasteiger partial charge is 0.336 e. The predicted molar refractivity (Wildman–Crippen MR) is 96.0 cm³/mol. The van der Waals surface area contributed by atoms with Crippen LogP contribution in [0.25, 0.3) is 0 Å². The summed E-state index contributed by atoms with van der Waals surface area (Å²) in [6.45, 7) is 6.24. The quantitative estimate of drug-likeness (QED) is 0.761. The Labute approximate surface area is 154 Å². The molecule has 6 rings (SSSR count). The van der Waals surface area contributed by atoms with Crippen molar-refractivity contribution in [3.63, 3.8) is 0 Å². The molecule has 0 N–H and O–H groups in total. The van der Waals surface area contributed by atoms with Gasteiger partial charge < -0.3 is 4.90 Å². The van der Waals surface area contributed by atoms with Crippen LogP contribution < -0.4 is 0 Å². The maximum Gasteiger partial charge on any atom is 0.229 e. The Hall–Kier alpha value is -1.16. The molecule has 1 aromatic rings. The summed E-state index contributed by atoms with van der Waals surface area (Å²) < 4.78 is 0. The second-order valence-electron chi connectivity index (χ2n) is 10.0. The summed E-state index contributed by atoms with van der Waals surface area (Å²) in [4.78, 5) is 15.7. The molecule has 4 bridgehead atoms. The molecule has 134 valence electrons. The molecule has 25 heavy (non-hydrogen) atoms. The van der Waals surface area contributed by atoms with E-state index in [1.807, 2.05) is 6.07 Å². The standard InChI is InChI=1S/C20H26ClN3O/c1-18-6-13-7-19(2,10-18)12-20(8-13,11-18)17(25)24-4-3-14-5-16(21)23-22-15(14)9-24/h5,13H,3-4,6-12H2,1-2H3. The molecule has 4 aliphatic carbocycles. The highest BCUT2D eigenvalue weighted by Crippen LogP contribution is 2.69. The van der Waals surface area contributed by atoms with E-state index in [1.165, 1.54) is 19.3 Å². The zero-order valence-corrected chi connectivity index (χ0v) is 15.9. The molecule has 1 aromatic heterocycles. The van der Waals surface area contributed by atoms with Gasteiger partial charge in [0.1, 0.15) is 0 Å². The fraction of sp³-hybridized carbons (Fsp3) is 0.750. The summed E-state index contributed by atoms with van der Waals surface area (Å²) in [5, 5.41) is 8.67. The topological polar surface area (TPSA) is 46.1 Å². The van der Waals surface area contributed by atoms with Gasteiger partial charge in [0.2, 0.25) is 5.91 Å². The van der Waals surface area contributed by atoms with Gasteiger partial charge in [0.25, 0.3) is 0 Å². The Morgan fingerprint density at radius 2 is 1.88 bits per heavy atom. The van der Waals surface area contributed by atoms with E-state index < -0.39 is 0 Å². The van der Waals surface area contributed by atoms with E-state index in [1.54, 1.807) is 0 Å². The molecule has 4 nitrogen and oxygen atoms in total. The number of hydrogen-bond donors (Lipinski definition) is 0. The van der Waals surface area contributed by atoms with Crippen molar-refractivity contribution in [2.24, 2.45) is 22.2 Å².